The number of nitrogens with one attached hydrogen (secondary N) is 1. The zero-order valence-electron chi connectivity index (χ0n) is 17.6. The molecule has 0 heterocycles. The first-order chi connectivity index (χ1) is 11.3. The summed E-state index contributed by atoms with van der Waals surface area (Å²) in [5, 5.41) is 0. The van der Waals surface area contributed by atoms with Crippen LogP contribution >= 0.6 is 0 Å². The minimum absolute atomic E-state index is 0. The first-order valence-electron chi connectivity index (χ1n) is 9.85. The van der Waals surface area contributed by atoms with Crippen LogP contribution in [0.5, 0.6) is 0 Å². The molecule has 4 heteroatoms. The molecule has 0 unspecified atom stereocenters. The van der Waals surface area contributed by atoms with Gasteiger partial charge in [-0.3, -0.25) is 4.79 Å². The molecule has 0 aromatic carbocycles. The molecular formula is C20H40KNO2. The smallest absolute Gasteiger partial charge is 1.00 e. The molecule has 0 bridgehead atoms. The number of hydrogen-bond acceptors (Lipinski definition) is 3. The summed E-state index contributed by atoms with van der Waals surface area (Å²) in [5.41, 5.74) is 2.50. The number of rotatable bonds is 17. The van der Waals surface area contributed by atoms with E-state index in [4.69, 9.17) is 0 Å². The third-order valence-electron chi connectivity index (χ3n) is 4.11. The van der Waals surface area contributed by atoms with Crippen LogP contribution in [0.3, 0.4) is 0 Å². The van der Waals surface area contributed by atoms with Crippen molar-refractivity contribution in [3.05, 3.63) is 12.3 Å². The number of carbonyl (C=O) groups excluding carboxylic acids is 1. The molecule has 0 aliphatic heterocycles. The van der Waals surface area contributed by atoms with Crippen molar-refractivity contribution in [2.45, 2.75) is 110 Å². The predicted molar refractivity (Wildman–Crippen MR) is 100 cm³/mol. The fourth-order valence-corrected chi connectivity index (χ4v) is 2.71. The molecule has 3 nitrogen and oxygen atoms in total. The third kappa shape index (κ3) is 24.9. The van der Waals surface area contributed by atoms with Crippen molar-refractivity contribution < 1.29 is 62.4 Å². The topological polar surface area (TPSA) is 38.3 Å². The van der Waals surface area contributed by atoms with Gasteiger partial charge in [-0.1, -0.05) is 96.5 Å². The largest absolute Gasteiger partial charge is 1.00 e. The van der Waals surface area contributed by atoms with E-state index < -0.39 is 0 Å². The van der Waals surface area contributed by atoms with Gasteiger partial charge in [-0.25, -0.2) is 5.48 Å². The minimum Gasteiger partial charge on any atom is -1.00 e. The Kier molecular flexibility index (Phi) is 26.5. The molecule has 0 aliphatic carbocycles. The van der Waals surface area contributed by atoms with E-state index in [1.807, 2.05) is 6.08 Å². The quantitative estimate of drug-likeness (QED) is 0.243. The fourth-order valence-electron chi connectivity index (χ4n) is 2.71. The summed E-state index contributed by atoms with van der Waals surface area (Å²) < 4.78 is 0. The second-order valence-electron chi connectivity index (χ2n) is 6.50. The van der Waals surface area contributed by atoms with Gasteiger partial charge < -0.3 is 6.26 Å². The normalized spacial score (nSPS) is 10.6. The van der Waals surface area contributed by atoms with Crippen LogP contribution in [0.15, 0.2) is 12.3 Å². The van der Waals surface area contributed by atoms with Crippen molar-refractivity contribution in [2.75, 3.05) is 0 Å². The van der Waals surface area contributed by atoms with Crippen LogP contribution in [0.1, 0.15) is 112 Å². The Morgan fingerprint density at radius 3 is 1.67 bits per heavy atom. The Hall–Kier alpha value is 0.646. The Morgan fingerprint density at radius 2 is 1.25 bits per heavy atom. The van der Waals surface area contributed by atoms with E-state index in [9.17, 15) is 4.79 Å². The van der Waals surface area contributed by atoms with E-state index in [1.165, 1.54) is 96.8 Å². The maximum absolute atomic E-state index is 10.5. The van der Waals surface area contributed by atoms with E-state index in [0.29, 0.717) is 0 Å². The van der Waals surface area contributed by atoms with Gasteiger partial charge in [0.05, 0.1) is 0 Å². The summed E-state index contributed by atoms with van der Waals surface area (Å²) in [6.45, 7) is 3.66. The average molecular weight is 366 g/mol. The summed E-state index contributed by atoms with van der Waals surface area (Å²) in [7, 11) is 0. The predicted octanol–water partition coefficient (Wildman–Crippen LogP) is 3.56. The molecule has 0 amide bonds. The van der Waals surface area contributed by atoms with Crippen LogP contribution in [-0.4, -0.2) is 5.97 Å². The number of unbranched alkanes of at least 4 members (excludes halogenated alkanes) is 14. The monoisotopic (exact) mass is 365 g/mol. The number of carbonyl (C=O) groups is 1. The molecule has 0 fully saturated rings. The van der Waals surface area contributed by atoms with Crippen molar-refractivity contribution in [2.24, 2.45) is 0 Å². The van der Waals surface area contributed by atoms with Crippen molar-refractivity contribution in [3.63, 3.8) is 0 Å². The van der Waals surface area contributed by atoms with Gasteiger partial charge >= 0.3 is 57.4 Å². The number of allylic oxidation sites excluding steroid dienone is 1. The molecule has 0 aromatic rings. The maximum atomic E-state index is 10.5. The second kappa shape index (κ2) is 23.6. The minimum atomic E-state index is -0.314. The zero-order valence-corrected chi connectivity index (χ0v) is 19.7. The van der Waals surface area contributed by atoms with Crippen molar-refractivity contribution in [1.82, 2.24) is 5.48 Å². The van der Waals surface area contributed by atoms with E-state index in [-0.39, 0.29) is 58.8 Å². The number of hydrogen-bond donors (Lipinski definition) is 1. The molecule has 0 atom stereocenters. The van der Waals surface area contributed by atoms with Crippen LogP contribution in [0.4, 0.5) is 0 Å². The molecule has 0 aliphatic rings. The second-order valence-corrected chi connectivity index (χ2v) is 6.50. The van der Waals surface area contributed by atoms with E-state index in [0.717, 1.165) is 6.42 Å². The standard InChI is InChI=1S/C20H39NO2.K.H/c1-3-4-5-6-7-8-9-10-11-12-13-14-15-16-17-18-19-21-23-20(2)22;;/h18-19,21H,3-17H2,1-2H3;;/q;+1;-1. The van der Waals surface area contributed by atoms with Crippen LogP contribution in [0.2, 0.25) is 0 Å². The molecule has 0 radical (unpaired) electrons. The molecule has 0 saturated carbocycles. The van der Waals surface area contributed by atoms with E-state index in [1.54, 1.807) is 6.20 Å². The first-order valence-corrected chi connectivity index (χ1v) is 9.85. The molecule has 24 heavy (non-hydrogen) atoms. The summed E-state index contributed by atoms with van der Waals surface area (Å²) in [4.78, 5) is 15.1. The number of hydroxylamine groups is 1. The molecule has 0 rings (SSSR count). The molecule has 0 spiro atoms. The van der Waals surface area contributed by atoms with Crippen LogP contribution in [-0.2, 0) is 9.63 Å². The molecule has 0 aromatic heterocycles. The van der Waals surface area contributed by atoms with Crippen LogP contribution < -0.4 is 56.9 Å². The van der Waals surface area contributed by atoms with Crippen molar-refractivity contribution >= 4 is 5.97 Å². The maximum Gasteiger partial charge on any atom is 1.00 e. The molecule has 0 saturated heterocycles. The van der Waals surface area contributed by atoms with Crippen molar-refractivity contribution in [1.29, 1.82) is 0 Å². The average Bonchev–Trinajstić information content (AvgIpc) is 2.53. The van der Waals surface area contributed by atoms with Gasteiger partial charge in [-0.05, 0) is 12.8 Å². The van der Waals surface area contributed by atoms with Gasteiger partial charge in [0, 0.05) is 13.1 Å². The molecule has 1 N–H and O–H groups in total. The summed E-state index contributed by atoms with van der Waals surface area (Å²) >= 11 is 0. The first kappa shape index (κ1) is 26.9. The summed E-state index contributed by atoms with van der Waals surface area (Å²) in [6.07, 6.45) is 24.2. The van der Waals surface area contributed by atoms with Crippen LogP contribution in [0.25, 0.3) is 0 Å². The van der Waals surface area contributed by atoms with E-state index in [2.05, 4.69) is 17.2 Å². The van der Waals surface area contributed by atoms with Gasteiger partial charge in [-0.15, -0.1) is 0 Å². The SMILES string of the molecule is CCCCCCCCCCCCCCCCC=CNOC(C)=O.[H-].[K+]. The Labute approximate surface area is 194 Å². The Balaban J connectivity index is -0.00000242. The third-order valence-corrected chi connectivity index (χ3v) is 4.11. The fraction of sp³-hybridized carbons (Fsp3) is 0.850. The molecular weight excluding hydrogens is 325 g/mol. The van der Waals surface area contributed by atoms with Gasteiger partial charge in [0.2, 0.25) is 0 Å². The van der Waals surface area contributed by atoms with E-state index >= 15 is 0 Å². The summed E-state index contributed by atoms with van der Waals surface area (Å²) in [6, 6.07) is 0. The summed E-state index contributed by atoms with van der Waals surface area (Å²) in [5.74, 6) is -0.314. The molecule has 138 valence electrons. The van der Waals surface area contributed by atoms with Gasteiger partial charge in [-0.2, -0.15) is 0 Å². The van der Waals surface area contributed by atoms with Gasteiger partial charge in [0.25, 0.3) is 0 Å². The van der Waals surface area contributed by atoms with Crippen LogP contribution in [0, 0.1) is 0 Å². The van der Waals surface area contributed by atoms with Gasteiger partial charge in [0.15, 0.2) is 0 Å². The Bertz CT molecular complexity index is 289. The zero-order chi connectivity index (χ0) is 17.0. The van der Waals surface area contributed by atoms with Gasteiger partial charge in [0.1, 0.15) is 0 Å². The van der Waals surface area contributed by atoms with Crippen molar-refractivity contribution in [3.8, 4) is 0 Å². The Morgan fingerprint density at radius 1 is 0.833 bits per heavy atom.